The Morgan fingerprint density at radius 2 is 1.95 bits per heavy atom. The van der Waals surface area contributed by atoms with Gasteiger partial charge in [0.05, 0.1) is 18.8 Å². The van der Waals surface area contributed by atoms with Crippen molar-refractivity contribution in [3.05, 3.63) is 35.4 Å². The summed E-state index contributed by atoms with van der Waals surface area (Å²) in [7, 11) is 0. The lowest BCUT2D eigenvalue weighted by molar-refractivity contribution is -0.0486. The van der Waals surface area contributed by atoms with Crippen LogP contribution in [0, 0.1) is 6.92 Å². The second kappa shape index (κ2) is 8.52. The molecule has 0 heterocycles. The first-order chi connectivity index (χ1) is 9.81. The molecule has 3 heteroatoms. The molecule has 0 bridgehead atoms. The zero-order chi connectivity index (χ0) is 15.9. The number of rotatable bonds is 8. The van der Waals surface area contributed by atoms with E-state index in [1.165, 1.54) is 11.1 Å². The van der Waals surface area contributed by atoms with Gasteiger partial charge < -0.3 is 14.8 Å². The molecule has 0 amide bonds. The number of aryl methyl sites for hydroxylation is 1. The SMILES string of the molecule is CCOCC(C)OC(CNC(C)(C)C)c1cccc(C)c1. The van der Waals surface area contributed by atoms with E-state index in [0.717, 1.165) is 13.2 Å². The molecule has 0 spiro atoms. The fourth-order valence-corrected chi connectivity index (χ4v) is 2.12. The first-order valence-corrected chi connectivity index (χ1v) is 7.86. The molecule has 0 aliphatic heterocycles. The predicted molar refractivity (Wildman–Crippen MR) is 88.7 cm³/mol. The standard InChI is InChI=1S/C18H31NO2/c1-7-20-13-15(3)21-17(12-19-18(4,5)6)16-10-8-9-14(2)11-16/h8-11,15,17,19H,7,12-13H2,1-6H3. The molecule has 0 aromatic heterocycles. The Balaban J connectivity index is 2.74. The van der Waals surface area contributed by atoms with Crippen LogP contribution in [0.5, 0.6) is 0 Å². The normalized spacial score (nSPS) is 15.0. The van der Waals surface area contributed by atoms with Crippen LogP contribution in [-0.4, -0.2) is 31.4 Å². The minimum atomic E-state index is 0.0413. The third kappa shape index (κ3) is 7.60. The molecular weight excluding hydrogens is 262 g/mol. The van der Waals surface area contributed by atoms with E-state index in [1.54, 1.807) is 0 Å². The second-order valence-corrected chi connectivity index (χ2v) is 6.64. The molecule has 21 heavy (non-hydrogen) atoms. The van der Waals surface area contributed by atoms with Crippen LogP contribution in [0.4, 0.5) is 0 Å². The fraction of sp³-hybridized carbons (Fsp3) is 0.667. The monoisotopic (exact) mass is 293 g/mol. The summed E-state index contributed by atoms with van der Waals surface area (Å²) in [6.07, 6.45) is 0.122. The van der Waals surface area contributed by atoms with E-state index < -0.39 is 0 Å². The first-order valence-electron chi connectivity index (χ1n) is 7.86. The van der Waals surface area contributed by atoms with Crippen molar-refractivity contribution in [3.8, 4) is 0 Å². The lowest BCUT2D eigenvalue weighted by Gasteiger charge is -2.28. The van der Waals surface area contributed by atoms with Crippen molar-refractivity contribution in [3.63, 3.8) is 0 Å². The summed E-state index contributed by atoms with van der Waals surface area (Å²) in [5.74, 6) is 0. The molecular formula is C18H31NO2. The van der Waals surface area contributed by atoms with Gasteiger partial charge in [-0.1, -0.05) is 29.8 Å². The Hall–Kier alpha value is -0.900. The van der Waals surface area contributed by atoms with Crippen LogP contribution < -0.4 is 5.32 Å². The van der Waals surface area contributed by atoms with Gasteiger partial charge in [0.25, 0.3) is 0 Å². The Morgan fingerprint density at radius 3 is 2.52 bits per heavy atom. The lowest BCUT2D eigenvalue weighted by atomic mass is 10.0. The van der Waals surface area contributed by atoms with Gasteiger partial charge in [0.2, 0.25) is 0 Å². The van der Waals surface area contributed by atoms with Crippen molar-refractivity contribution in [2.75, 3.05) is 19.8 Å². The third-order valence-electron chi connectivity index (χ3n) is 3.18. The van der Waals surface area contributed by atoms with Crippen LogP contribution in [0.25, 0.3) is 0 Å². The van der Waals surface area contributed by atoms with Crippen LogP contribution >= 0.6 is 0 Å². The van der Waals surface area contributed by atoms with E-state index >= 15 is 0 Å². The van der Waals surface area contributed by atoms with Gasteiger partial charge in [-0.2, -0.15) is 0 Å². The smallest absolute Gasteiger partial charge is 0.0954 e. The van der Waals surface area contributed by atoms with Gasteiger partial charge in [0.15, 0.2) is 0 Å². The Labute approximate surface area is 130 Å². The van der Waals surface area contributed by atoms with Crippen molar-refractivity contribution in [2.24, 2.45) is 0 Å². The number of ether oxygens (including phenoxy) is 2. The molecule has 3 nitrogen and oxygen atoms in total. The maximum Gasteiger partial charge on any atom is 0.0954 e. The fourth-order valence-electron chi connectivity index (χ4n) is 2.12. The highest BCUT2D eigenvalue weighted by molar-refractivity contribution is 5.24. The Kier molecular flexibility index (Phi) is 7.36. The van der Waals surface area contributed by atoms with Crippen LogP contribution in [0.3, 0.4) is 0 Å². The van der Waals surface area contributed by atoms with E-state index in [2.05, 4.69) is 64.2 Å². The van der Waals surface area contributed by atoms with Crippen LogP contribution in [0.15, 0.2) is 24.3 Å². The lowest BCUT2D eigenvalue weighted by Crippen LogP contribution is -2.39. The van der Waals surface area contributed by atoms with Gasteiger partial charge in [0, 0.05) is 18.7 Å². The van der Waals surface area contributed by atoms with Crippen molar-refractivity contribution in [1.82, 2.24) is 5.32 Å². The molecule has 0 aliphatic rings. The maximum atomic E-state index is 6.20. The number of hydrogen-bond acceptors (Lipinski definition) is 3. The summed E-state index contributed by atoms with van der Waals surface area (Å²) < 4.78 is 11.7. The zero-order valence-electron chi connectivity index (χ0n) is 14.4. The largest absolute Gasteiger partial charge is 0.379 e. The van der Waals surface area contributed by atoms with Crippen LogP contribution in [0.2, 0.25) is 0 Å². The first kappa shape index (κ1) is 18.1. The molecule has 1 aromatic rings. The van der Waals surface area contributed by atoms with E-state index in [1.807, 2.05) is 6.92 Å². The van der Waals surface area contributed by atoms with E-state index in [-0.39, 0.29) is 17.7 Å². The van der Waals surface area contributed by atoms with E-state index in [4.69, 9.17) is 9.47 Å². The molecule has 0 saturated heterocycles. The average Bonchev–Trinajstić information content (AvgIpc) is 2.40. The average molecular weight is 293 g/mol. The molecule has 2 atom stereocenters. The van der Waals surface area contributed by atoms with Crippen molar-refractivity contribution >= 4 is 0 Å². The van der Waals surface area contributed by atoms with Gasteiger partial charge in [0.1, 0.15) is 0 Å². The summed E-state index contributed by atoms with van der Waals surface area (Å²) in [4.78, 5) is 0. The van der Waals surface area contributed by atoms with E-state index in [9.17, 15) is 0 Å². The molecule has 1 rings (SSSR count). The highest BCUT2D eigenvalue weighted by Gasteiger charge is 2.19. The molecule has 1 N–H and O–H groups in total. The summed E-state index contributed by atoms with van der Waals surface area (Å²) in [5, 5.41) is 3.54. The highest BCUT2D eigenvalue weighted by atomic mass is 16.5. The van der Waals surface area contributed by atoms with Crippen LogP contribution in [-0.2, 0) is 9.47 Å². The van der Waals surface area contributed by atoms with Crippen molar-refractivity contribution in [1.29, 1.82) is 0 Å². The molecule has 120 valence electrons. The molecule has 1 aromatic carbocycles. The molecule has 2 unspecified atom stereocenters. The molecule has 0 aliphatic carbocycles. The van der Waals surface area contributed by atoms with Gasteiger partial charge in [-0.25, -0.2) is 0 Å². The maximum absolute atomic E-state index is 6.20. The summed E-state index contributed by atoms with van der Waals surface area (Å²) in [6, 6.07) is 8.53. The number of hydrogen-bond donors (Lipinski definition) is 1. The topological polar surface area (TPSA) is 30.5 Å². The quantitative estimate of drug-likeness (QED) is 0.789. The zero-order valence-corrected chi connectivity index (χ0v) is 14.4. The van der Waals surface area contributed by atoms with Gasteiger partial charge in [-0.3, -0.25) is 0 Å². The van der Waals surface area contributed by atoms with Crippen molar-refractivity contribution < 1.29 is 9.47 Å². The minimum Gasteiger partial charge on any atom is -0.379 e. The molecule has 0 radical (unpaired) electrons. The van der Waals surface area contributed by atoms with Gasteiger partial charge >= 0.3 is 0 Å². The van der Waals surface area contributed by atoms with Gasteiger partial charge in [-0.15, -0.1) is 0 Å². The van der Waals surface area contributed by atoms with E-state index in [0.29, 0.717) is 6.61 Å². The predicted octanol–water partition coefficient (Wildman–Crippen LogP) is 3.87. The molecule has 0 saturated carbocycles. The second-order valence-electron chi connectivity index (χ2n) is 6.64. The summed E-state index contributed by atoms with van der Waals surface area (Å²) in [6.45, 7) is 14.8. The number of nitrogens with one attached hydrogen (secondary N) is 1. The highest BCUT2D eigenvalue weighted by Crippen LogP contribution is 2.21. The Bertz CT molecular complexity index is 412. The Morgan fingerprint density at radius 1 is 1.24 bits per heavy atom. The summed E-state index contributed by atoms with van der Waals surface area (Å²) >= 11 is 0. The summed E-state index contributed by atoms with van der Waals surface area (Å²) in [5.41, 5.74) is 2.55. The minimum absolute atomic E-state index is 0.0413. The van der Waals surface area contributed by atoms with Gasteiger partial charge in [-0.05, 0) is 47.1 Å². The van der Waals surface area contributed by atoms with Crippen molar-refractivity contribution in [2.45, 2.75) is 59.3 Å². The van der Waals surface area contributed by atoms with Crippen LogP contribution in [0.1, 0.15) is 51.8 Å². The number of benzene rings is 1. The molecule has 0 fully saturated rings. The third-order valence-corrected chi connectivity index (χ3v) is 3.18.